The van der Waals surface area contributed by atoms with Gasteiger partial charge in [-0.3, -0.25) is 0 Å². The van der Waals surface area contributed by atoms with E-state index >= 15 is 0 Å². The van der Waals surface area contributed by atoms with Gasteiger partial charge in [0.1, 0.15) is 22.8 Å². The summed E-state index contributed by atoms with van der Waals surface area (Å²) in [6.45, 7) is 1.96. The molecule has 3 nitrogen and oxygen atoms in total. The highest BCUT2D eigenvalue weighted by Crippen LogP contribution is 2.38. The zero-order valence-corrected chi connectivity index (χ0v) is 14.8. The molecule has 2 heterocycles. The number of nitrogens with one attached hydrogen (secondary N) is 1. The standard InChI is InChI=1S/C19H13ClFN3S/c1-11-15(20)3-2-4-16(11)24-18-17-14(9-25-19(17)23-10-22-18)12-5-7-13(21)8-6-12/h2-10H,1H3,(H,22,23,24). The number of aromatic nitrogens is 2. The molecule has 0 aliphatic heterocycles. The quantitative estimate of drug-likeness (QED) is 0.467. The fraction of sp³-hybridized carbons (Fsp3) is 0.0526. The zero-order chi connectivity index (χ0) is 17.4. The van der Waals surface area contributed by atoms with Gasteiger partial charge in [0.25, 0.3) is 0 Å². The normalized spacial score (nSPS) is 11.0. The number of halogens is 2. The lowest BCUT2D eigenvalue weighted by Crippen LogP contribution is -1.97. The third-order valence-electron chi connectivity index (χ3n) is 4.05. The Morgan fingerprint density at radius 1 is 1.08 bits per heavy atom. The second-order valence-corrected chi connectivity index (χ2v) is 6.86. The molecule has 0 bridgehead atoms. The summed E-state index contributed by atoms with van der Waals surface area (Å²) in [5.74, 6) is 0.448. The van der Waals surface area contributed by atoms with E-state index in [0.717, 1.165) is 32.6 Å². The predicted octanol–water partition coefficient (Wildman–Crippen LogP) is 6.20. The van der Waals surface area contributed by atoms with Crippen LogP contribution >= 0.6 is 22.9 Å². The van der Waals surface area contributed by atoms with E-state index in [4.69, 9.17) is 11.6 Å². The average Bonchev–Trinajstić information content (AvgIpc) is 3.05. The van der Waals surface area contributed by atoms with E-state index in [9.17, 15) is 4.39 Å². The average molecular weight is 370 g/mol. The number of rotatable bonds is 3. The van der Waals surface area contributed by atoms with Crippen LogP contribution in [0.15, 0.2) is 54.2 Å². The Morgan fingerprint density at radius 2 is 1.88 bits per heavy atom. The van der Waals surface area contributed by atoms with E-state index in [1.807, 2.05) is 30.5 Å². The van der Waals surface area contributed by atoms with Crippen LogP contribution in [0, 0.1) is 12.7 Å². The van der Waals surface area contributed by atoms with Gasteiger partial charge in [-0.15, -0.1) is 11.3 Å². The van der Waals surface area contributed by atoms with Crippen LogP contribution < -0.4 is 5.32 Å². The van der Waals surface area contributed by atoms with Crippen LogP contribution in [0.4, 0.5) is 15.9 Å². The molecule has 0 aliphatic carbocycles. The minimum atomic E-state index is -0.257. The maximum absolute atomic E-state index is 13.2. The van der Waals surface area contributed by atoms with E-state index in [-0.39, 0.29) is 5.82 Å². The van der Waals surface area contributed by atoms with Gasteiger partial charge in [0, 0.05) is 21.7 Å². The van der Waals surface area contributed by atoms with Gasteiger partial charge in [0.05, 0.1) is 5.39 Å². The van der Waals surface area contributed by atoms with Gasteiger partial charge in [-0.25, -0.2) is 14.4 Å². The first kappa shape index (κ1) is 16.0. The Balaban J connectivity index is 1.86. The van der Waals surface area contributed by atoms with Crippen molar-refractivity contribution in [1.29, 1.82) is 0 Å². The van der Waals surface area contributed by atoms with Crippen LogP contribution in [0.25, 0.3) is 21.3 Å². The number of hydrogen-bond donors (Lipinski definition) is 1. The molecule has 124 valence electrons. The number of thiophene rings is 1. The van der Waals surface area contributed by atoms with Gasteiger partial charge in [-0.1, -0.05) is 29.8 Å². The summed E-state index contributed by atoms with van der Waals surface area (Å²) in [6.07, 6.45) is 1.54. The highest BCUT2D eigenvalue weighted by atomic mass is 35.5. The van der Waals surface area contributed by atoms with Gasteiger partial charge in [0.15, 0.2) is 0 Å². The zero-order valence-electron chi connectivity index (χ0n) is 13.3. The van der Waals surface area contributed by atoms with Crippen LogP contribution in [0.2, 0.25) is 5.02 Å². The van der Waals surface area contributed by atoms with Crippen LogP contribution in [-0.4, -0.2) is 9.97 Å². The summed E-state index contributed by atoms with van der Waals surface area (Å²) in [6, 6.07) is 12.1. The molecular weight excluding hydrogens is 357 g/mol. The molecule has 0 fully saturated rings. The van der Waals surface area contributed by atoms with Crippen LogP contribution in [0.5, 0.6) is 0 Å². The SMILES string of the molecule is Cc1c(Cl)cccc1Nc1ncnc2scc(-c3ccc(F)cc3)c12. The molecular formula is C19H13ClFN3S. The first-order chi connectivity index (χ1) is 12.1. The van der Waals surface area contributed by atoms with E-state index in [2.05, 4.69) is 15.3 Å². The molecule has 0 atom stereocenters. The summed E-state index contributed by atoms with van der Waals surface area (Å²) < 4.78 is 13.2. The lowest BCUT2D eigenvalue weighted by molar-refractivity contribution is 0.628. The topological polar surface area (TPSA) is 37.8 Å². The summed E-state index contributed by atoms with van der Waals surface area (Å²) in [7, 11) is 0. The van der Waals surface area contributed by atoms with Gasteiger partial charge < -0.3 is 5.32 Å². The van der Waals surface area contributed by atoms with Gasteiger partial charge in [0.2, 0.25) is 0 Å². The Morgan fingerprint density at radius 3 is 2.68 bits per heavy atom. The molecule has 6 heteroatoms. The van der Waals surface area contributed by atoms with Crippen LogP contribution in [-0.2, 0) is 0 Å². The van der Waals surface area contributed by atoms with Crippen molar-refractivity contribution in [2.45, 2.75) is 6.92 Å². The molecule has 25 heavy (non-hydrogen) atoms. The first-order valence-electron chi connectivity index (χ1n) is 7.64. The first-order valence-corrected chi connectivity index (χ1v) is 8.89. The summed E-state index contributed by atoms with van der Waals surface area (Å²) >= 11 is 7.75. The van der Waals surface area contributed by atoms with E-state index in [1.165, 1.54) is 29.8 Å². The fourth-order valence-electron chi connectivity index (χ4n) is 2.68. The molecule has 0 aliphatic rings. The molecule has 4 aromatic rings. The Kier molecular flexibility index (Phi) is 4.11. The highest BCUT2D eigenvalue weighted by Gasteiger charge is 2.14. The number of anilines is 2. The van der Waals surface area contributed by atoms with E-state index in [1.54, 1.807) is 12.1 Å². The van der Waals surface area contributed by atoms with Crippen molar-refractivity contribution in [3.8, 4) is 11.1 Å². The molecule has 0 radical (unpaired) electrons. The fourth-order valence-corrected chi connectivity index (χ4v) is 3.77. The summed E-state index contributed by atoms with van der Waals surface area (Å²) in [5, 5.41) is 6.99. The third-order valence-corrected chi connectivity index (χ3v) is 5.34. The van der Waals surface area contributed by atoms with Gasteiger partial charge in [-0.2, -0.15) is 0 Å². The molecule has 0 saturated carbocycles. The molecule has 1 N–H and O–H groups in total. The molecule has 4 rings (SSSR count). The van der Waals surface area contributed by atoms with E-state index in [0.29, 0.717) is 10.8 Å². The van der Waals surface area contributed by atoms with Crippen LogP contribution in [0.3, 0.4) is 0 Å². The Bertz CT molecular complexity index is 1060. The third kappa shape index (κ3) is 2.97. The van der Waals surface area contributed by atoms with Crippen LogP contribution in [0.1, 0.15) is 5.56 Å². The number of fused-ring (bicyclic) bond motifs is 1. The largest absolute Gasteiger partial charge is 0.339 e. The minimum Gasteiger partial charge on any atom is -0.339 e. The van der Waals surface area contributed by atoms with Crippen molar-refractivity contribution < 1.29 is 4.39 Å². The van der Waals surface area contributed by atoms with Gasteiger partial charge in [-0.05, 0) is 42.3 Å². The number of nitrogens with zero attached hydrogens (tertiary/aromatic N) is 2. The summed E-state index contributed by atoms with van der Waals surface area (Å²) in [4.78, 5) is 9.64. The Labute approximate surface area is 153 Å². The monoisotopic (exact) mass is 369 g/mol. The molecule has 0 saturated heterocycles. The van der Waals surface area contributed by atoms with Gasteiger partial charge >= 0.3 is 0 Å². The van der Waals surface area contributed by atoms with Crippen molar-refractivity contribution in [3.63, 3.8) is 0 Å². The second kappa shape index (κ2) is 6.43. The van der Waals surface area contributed by atoms with Crippen molar-refractivity contribution in [1.82, 2.24) is 9.97 Å². The molecule has 0 unspecified atom stereocenters. The molecule has 2 aromatic carbocycles. The maximum Gasteiger partial charge on any atom is 0.143 e. The lowest BCUT2D eigenvalue weighted by atomic mass is 10.1. The van der Waals surface area contributed by atoms with Crippen molar-refractivity contribution in [3.05, 3.63) is 70.6 Å². The molecule has 0 spiro atoms. The molecule has 0 amide bonds. The lowest BCUT2D eigenvalue weighted by Gasteiger charge is -2.11. The minimum absolute atomic E-state index is 0.257. The smallest absolute Gasteiger partial charge is 0.143 e. The van der Waals surface area contributed by atoms with Crippen molar-refractivity contribution in [2.24, 2.45) is 0 Å². The summed E-state index contributed by atoms with van der Waals surface area (Å²) in [5.41, 5.74) is 3.74. The molecule has 2 aromatic heterocycles. The number of hydrogen-bond acceptors (Lipinski definition) is 4. The van der Waals surface area contributed by atoms with Crippen molar-refractivity contribution in [2.75, 3.05) is 5.32 Å². The van der Waals surface area contributed by atoms with E-state index < -0.39 is 0 Å². The number of benzene rings is 2. The predicted molar refractivity (Wildman–Crippen MR) is 102 cm³/mol. The Hall–Kier alpha value is -2.50. The second-order valence-electron chi connectivity index (χ2n) is 5.60. The van der Waals surface area contributed by atoms with Crippen molar-refractivity contribution >= 4 is 44.7 Å². The maximum atomic E-state index is 13.2. The highest BCUT2D eigenvalue weighted by molar-refractivity contribution is 7.17.